The molecule has 3 nitrogen and oxygen atoms in total. The van der Waals surface area contributed by atoms with Gasteiger partial charge in [0.25, 0.3) is 0 Å². The van der Waals surface area contributed by atoms with Gasteiger partial charge in [-0.2, -0.15) is 0 Å². The quantitative estimate of drug-likeness (QED) is 0.836. The first kappa shape index (κ1) is 10.2. The van der Waals surface area contributed by atoms with Crippen molar-refractivity contribution in [3.8, 4) is 0 Å². The van der Waals surface area contributed by atoms with Crippen molar-refractivity contribution in [2.75, 3.05) is 18.4 Å². The molecule has 15 heavy (non-hydrogen) atoms. The van der Waals surface area contributed by atoms with Crippen molar-refractivity contribution in [1.29, 1.82) is 0 Å². The van der Waals surface area contributed by atoms with Gasteiger partial charge in [-0.15, -0.1) is 0 Å². The molecule has 4 heteroatoms. The van der Waals surface area contributed by atoms with Gasteiger partial charge in [0.15, 0.2) is 0 Å². The second-order valence-electron chi connectivity index (χ2n) is 3.25. The van der Waals surface area contributed by atoms with Crippen molar-refractivity contribution in [3.05, 3.63) is 35.4 Å². The molecule has 0 saturated heterocycles. The molecule has 0 fully saturated rings. The van der Waals surface area contributed by atoms with Gasteiger partial charge in [-0.05, 0) is 30.3 Å². The number of anilines is 1. The Balaban J connectivity index is 2.34. The van der Waals surface area contributed by atoms with E-state index in [0.717, 1.165) is 28.3 Å². The maximum Gasteiger partial charge on any atom is 0.126 e. The zero-order valence-corrected chi connectivity index (χ0v) is 8.96. The number of nitrogens with two attached hydrogens (primary N) is 1. The van der Waals surface area contributed by atoms with Gasteiger partial charge in [0.2, 0.25) is 0 Å². The lowest BCUT2D eigenvalue weighted by molar-refractivity contribution is 1.01. The van der Waals surface area contributed by atoms with Crippen LogP contribution in [0, 0.1) is 0 Å². The first-order valence-electron chi connectivity index (χ1n) is 4.80. The molecule has 0 atom stereocenters. The van der Waals surface area contributed by atoms with Gasteiger partial charge in [0.05, 0.1) is 5.52 Å². The molecule has 0 amide bonds. The highest BCUT2D eigenvalue weighted by molar-refractivity contribution is 6.31. The smallest absolute Gasteiger partial charge is 0.126 e. The second kappa shape index (κ2) is 4.47. The Labute approximate surface area is 93.3 Å². The lowest BCUT2D eigenvalue weighted by atomic mass is 10.2. The summed E-state index contributed by atoms with van der Waals surface area (Å²) in [4.78, 5) is 4.43. The predicted octanol–water partition coefficient (Wildman–Crippen LogP) is 2.26. The van der Waals surface area contributed by atoms with Gasteiger partial charge in [0, 0.05) is 23.5 Å². The van der Waals surface area contributed by atoms with Crippen LogP contribution in [0.4, 0.5) is 5.82 Å². The van der Waals surface area contributed by atoms with Crippen LogP contribution in [-0.2, 0) is 0 Å². The van der Waals surface area contributed by atoms with E-state index in [-0.39, 0.29) is 0 Å². The average Bonchev–Trinajstić information content (AvgIpc) is 2.26. The van der Waals surface area contributed by atoms with E-state index in [4.69, 9.17) is 17.3 Å². The Kier molecular flexibility index (Phi) is 3.04. The van der Waals surface area contributed by atoms with Gasteiger partial charge < -0.3 is 11.1 Å². The normalized spacial score (nSPS) is 10.5. The summed E-state index contributed by atoms with van der Waals surface area (Å²) in [6.07, 6.45) is 0. The monoisotopic (exact) mass is 221 g/mol. The minimum absolute atomic E-state index is 0.598. The molecular weight excluding hydrogens is 210 g/mol. The Hall–Kier alpha value is -1.32. The molecule has 3 N–H and O–H groups in total. The van der Waals surface area contributed by atoms with Crippen LogP contribution >= 0.6 is 11.6 Å². The molecule has 0 radical (unpaired) electrons. The molecule has 0 aliphatic heterocycles. The van der Waals surface area contributed by atoms with Gasteiger partial charge in [-0.1, -0.05) is 11.6 Å². The van der Waals surface area contributed by atoms with Crippen LogP contribution in [0.15, 0.2) is 30.3 Å². The summed E-state index contributed by atoms with van der Waals surface area (Å²) in [5.41, 5.74) is 6.33. The number of hydrogen-bond donors (Lipinski definition) is 2. The van der Waals surface area contributed by atoms with Crippen molar-refractivity contribution in [1.82, 2.24) is 4.98 Å². The van der Waals surface area contributed by atoms with E-state index in [9.17, 15) is 0 Å². The molecule has 0 aliphatic carbocycles. The van der Waals surface area contributed by atoms with E-state index in [2.05, 4.69) is 10.3 Å². The molecular formula is C11H12ClN3. The Morgan fingerprint density at radius 1 is 1.27 bits per heavy atom. The third kappa shape index (κ3) is 2.37. The van der Waals surface area contributed by atoms with Gasteiger partial charge in [-0.3, -0.25) is 0 Å². The maximum absolute atomic E-state index is 5.88. The third-order valence-electron chi connectivity index (χ3n) is 2.10. The van der Waals surface area contributed by atoms with Gasteiger partial charge in [-0.25, -0.2) is 4.98 Å². The van der Waals surface area contributed by atoms with E-state index >= 15 is 0 Å². The summed E-state index contributed by atoms with van der Waals surface area (Å²) in [6, 6.07) is 9.56. The zero-order chi connectivity index (χ0) is 10.7. The topological polar surface area (TPSA) is 50.9 Å². The van der Waals surface area contributed by atoms with E-state index in [0.29, 0.717) is 6.54 Å². The number of nitrogens with zero attached hydrogens (tertiary/aromatic N) is 1. The van der Waals surface area contributed by atoms with Gasteiger partial charge >= 0.3 is 0 Å². The number of pyridine rings is 1. The molecule has 2 rings (SSSR count). The summed E-state index contributed by atoms with van der Waals surface area (Å²) in [5, 5.41) is 4.90. The molecule has 0 bridgehead atoms. The van der Waals surface area contributed by atoms with Crippen molar-refractivity contribution in [3.63, 3.8) is 0 Å². The minimum atomic E-state index is 0.598. The van der Waals surface area contributed by atoms with Crippen LogP contribution in [0.25, 0.3) is 10.9 Å². The van der Waals surface area contributed by atoms with E-state index < -0.39 is 0 Å². The Morgan fingerprint density at radius 2 is 2.13 bits per heavy atom. The molecule has 0 unspecified atom stereocenters. The lowest BCUT2D eigenvalue weighted by Crippen LogP contribution is -2.13. The lowest BCUT2D eigenvalue weighted by Gasteiger charge is -2.05. The van der Waals surface area contributed by atoms with Crippen molar-refractivity contribution in [2.45, 2.75) is 0 Å². The van der Waals surface area contributed by atoms with Crippen LogP contribution in [-0.4, -0.2) is 18.1 Å². The number of hydrogen-bond acceptors (Lipinski definition) is 3. The minimum Gasteiger partial charge on any atom is -0.369 e. The summed E-state index contributed by atoms with van der Waals surface area (Å²) in [5.74, 6) is 0.843. The number of fused-ring (bicyclic) bond motifs is 1. The average molecular weight is 222 g/mol. The SMILES string of the molecule is NCCNc1ccc2cc(Cl)ccc2n1. The number of benzene rings is 1. The molecule has 1 aromatic heterocycles. The van der Waals surface area contributed by atoms with Gasteiger partial charge in [0.1, 0.15) is 5.82 Å². The highest BCUT2D eigenvalue weighted by Crippen LogP contribution is 2.19. The zero-order valence-electron chi connectivity index (χ0n) is 8.20. The fraction of sp³-hybridized carbons (Fsp3) is 0.182. The number of rotatable bonds is 3. The molecule has 1 heterocycles. The van der Waals surface area contributed by atoms with Crippen LogP contribution in [0.3, 0.4) is 0 Å². The summed E-state index contributed by atoms with van der Waals surface area (Å²) >= 11 is 5.88. The highest BCUT2D eigenvalue weighted by atomic mass is 35.5. The van der Waals surface area contributed by atoms with Crippen LogP contribution in [0.1, 0.15) is 0 Å². The number of halogens is 1. The Bertz CT molecular complexity index is 470. The van der Waals surface area contributed by atoms with Crippen LogP contribution in [0.2, 0.25) is 5.02 Å². The largest absolute Gasteiger partial charge is 0.369 e. The van der Waals surface area contributed by atoms with E-state index in [1.165, 1.54) is 0 Å². The summed E-state index contributed by atoms with van der Waals surface area (Å²) in [6.45, 7) is 1.33. The van der Waals surface area contributed by atoms with Crippen molar-refractivity contribution in [2.24, 2.45) is 5.73 Å². The molecule has 1 aromatic carbocycles. The number of nitrogens with one attached hydrogen (secondary N) is 1. The fourth-order valence-corrected chi connectivity index (χ4v) is 1.58. The molecule has 2 aromatic rings. The second-order valence-corrected chi connectivity index (χ2v) is 3.69. The fourth-order valence-electron chi connectivity index (χ4n) is 1.40. The van der Waals surface area contributed by atoms with Crippen LogP contribution < -0.4 is 11.1 Å². The standard InChI is InChI=1S/C11H12ClN3/c12-9-2-3-10-8(7-9)1-4-11(15-10)14-6-5-13/h1-4,7H,5-6,13H2,(H,14,15). The predicted molar refractivity (Wildman–Crippen MR) is 64.3 cm³/mol. The van der Waals surface area contributed by atoms with Crippen LogP contribution in [0.5, 0.6) is 0 Å². The molecule has 78 valence electrons. The molecule has 0 aliphatic rings. The highest BCUT2D eigenvalue weighted by Gasteiger charge is 1.98. The summed E-state index contributed by atoms with van der Waals surface area (Å²) < 4.78 is 0. The summed E-state index contributed by atoms with van der Waals surface area (Å²) in [7, 11) is 0. The first-order chi connectivity index (χ1) is 7.29. The van der Waals surface area contributed by atoms with E-state index in [1.54, 1.807) is 0 Å². The molecule has 0 spiro atoms. The molecule has 0 saturated carbocycles. The van der Waals surface area contributed by atoms with E-state index in [1.807, 2.05) is 30.3 Å². The number of aromatic nitrogens is 1. The first-order valence-corrected chi connectivity index (χ1v) is 5.17. The van der Waals surface area contributed by atoms with Crippen molar-refractivity contribution >= 4 is 28.3 Å². The Morgan fingerprint density at radius 3 is 2.93 bits per heavy atom. The third-order valence-corrected chi connectivity index (χ3v) is 2.34. The van der Waals surface area contributed by atoms with Crippen molar-refractivity contribution < 1.29 is 0 Å². The maximum atomic E-state index is 5.88.